The lowest BCUT2D eigenvalue weighted by molar-refractivity contribution is -0.119. The zero-order valence-corrected chi connectivity index (χ0v) is 15.5. The number of rotatable bonds is 7. The molecule has 1 amide bonds. The molecule has 1 aliphatic rings. The summed E-state index contributed by atoms with van der Waals surface area (Å²) in [5.41, 5.74) is 0.856. The lowest BCUT2D eigenvalue weighted by atomic mass is 10.2. The highest BCUT2D eigenvalue weighted by Gasteiger charge is 2.33. The minimum absolute atomic E-state index is 0.0216. The van der Waals surface area contributed by atoms with Crippen molar-refractivity contribution in [3.05, 3.63) is 23.8 Å². The van der Waals surface area contributed by atoms with Gasteiger partial charge in [0, 0.05) is 25.0 Å². The molecular weight excluding hydrogens is 328 g/mol. The lowest BCUT2D eigenvalue weighted by Gasteiger charge is -2.29. The molecule has 0 aliphatic carbocycles. The third-order valence-corrected chi connectivity index (χ3v) is 6.11. The molecule has 0 spiro atoms. The van der Waals surface area contributed by atoms with E-state index >= 15 is 0 Å². The Hall–Kier alpha value is -1.60. The molecule has 0 saturated carbocycles. The van der Waals surface area contributed by atoms with Crippen molar-refractivity contribution < 1.29 is 17.9 Å². The van der Waals surface area contributed by atoms with Crippen LogP contribution in [-0.2, 0) is 14.8 Å². The average Bonchev–Trinajstić information content (AvgIpc) is 2.91. The van der Waals surface area contributed by atoms with E-state index in [2.05, 4.69) is 5.32 Å². The molecule has 0 aromatic heterocycles. The predicted molar refractivity (Wildman–Crippen MR) is 92.5 cm³/mol. The van der Waals surface area contributed by atoms with Crippen LogP contribution in [0, 0.1) is 6.92 Å². The van der Waals surface area contributed by atoms with Gasteiger partial charge in [-0.25, -0.2) is 8.42 Å². The molecule has 134 valence electrons. The molecule has 1 heterocycles. The van der Waals surface area contributed by atoms with Gasteiger partial charge in [0.15, 0.2) is 0 Å². The molecular formula is C17H26N2O4S. The van der Waals surface area contributed by atoms with Gasteiger partial charge in [0.2, 0.25) is 15.9 Å². The first-order chi connectivity index (χ1) is 11.3. The van der Waals surface area contributed by atoms with Gasteiger partial charge >= 0.3 is 0 Å². The van der Waals surface area contributed by atoms with E-state index in [0.29, 0.717) is 25.2 Å². The Morgan fingerprint density at radius 2 is 2.08 bits per heavy atom. The Labute approximate surface area is 144 Å². The summed E-state index contributed by atoms with van der Waals surface area (Å²) in [6, 6.07) is 4.81. The number of carbonyl (C=O) groups is 1. The van der Waals surface area contributed by atoms with E-state index in [0.717, 1.165) is 5.56 Å². The maximum atomic E-state index is 13.2. The van der Waals surface area contributed by atoms with Crippen LogP contribution in [0.2, 0.25) is 0 Å². The van der Waals surface area contributed by atoms with Crippen molar-refractivity contribution in [2.75, 3.05) is 13.2 Å². The molecule has 1 aromatic rings. The van der Waals surface area contributed by atoms with Gasteiger partial charge in [-0.3, -0.25) is 4.79 Å². The summed E-state index contributed by atoms with van der Waals surface area (Å²) in [5.74, 6) is 0.343. The fourth-order valence-electron chi connectivity index (χ4n) is 2.84. The van der Waals surface area contributed by atoms with Crippen LogP contribution in [0.15, 0.2) is 23.1 Å². The van der Waals surface area contributed by atoms with Gasteiger partial charge in [0.05, 0.1) is 6.61 Å². The third kappa shape index (κ3) is 4.08. The van der Waals surface area contributed by atoms with Gasteiger partial charge in [0.25, 0.3) is 0 Å². The van der Waals surface area contributed by atoms with Gasteiger partial charge < -0.3 is 10.1 Å². The second kappa shape index (κ2) is 7.53. The third-order valence-electron chi connectivity index (χ3n) is 4.05. The maximum absolute atomic E-state index is 13.2. The van der Waals surface area contributed by atoms with Crippen LogP contribution in [0.5, 0.6) is 5.75 Å². The second-order valence-electron chi connectivity index (χ2n) is 6.35. The molecule has 7 heteroatoms. The van der Waals surface area contributed by atoms with Crippen LogP contribution in [0.1, 0.15) is 39.2 Å². The van der Waals surface area contributed by atoms with Crippen LogP contribution in [0.3, 0.4) is 0 Å². The summed E-state index contributed by atoms with van der Waals surface area (Å²) in [5, 5.41) is 2.84. The summed E-state index contributed by atoms with van der Waals surface area (Å²) in [6.07, 6.45) is 1.11. The van der Waals surface area contributed by atoms with Gasteiger partial charge in [0.1, 0.15) is 10.6 Å². The van der Waals surface area contributed by atoms with Crippen LogP contribution in [-0.4, -0.2) is 43.9 Å². The number of ether oxygens (including phenoxy) is 1. The van der Waals surface area contributed by atoms with E-state index in [9.17, 15) is 13.2 Å². The highest BCUT2D eigenvalue weighted by molar-refractivity contribution is 7.89. The zero-order valence-electron chi connectivity index (χ0n) is 14.7. The van der Waals surface area contributed by atoms with Crippen LogP contribution in [0.25, 0.3) is 0 Å². The number of nitrogens with zero attached hydrogens (tertiary/aromatic N) is 1. The molecule has 1 N–H and O–H groups in total. The number of carbonyl (C=O) groups excluding carboxylic acids is 1. The number of benzene rings is 1. The molecule has 1 aliphatic heterocycles. The van der Waals surface area contributed by atoms with Crippen molar-refractivity contribution in [3.8, 4) is 5.75 Å². The highest BCUT2D eigenvalue weighted by Crippen LogP contribution is 2.29. The minimum atomic E-state index is -3.72. The minimum Gasteiger partial charge on any atom is -0.492 e. The Morgan fingerprint density at radius 3 is 2.62 bits per heavy atom. The largest absolute Gasteiger partial charge is 0.492 e. The molecule has 2 rings (SSSR count). The van der Waals surface area contributed by atoms with Crippen LogP contribution < -0.4 is 10.1 Å². The molecule has 1 unspecified atom stereocenters. The second-order valence-corrected chi connectivity index (χ2v) is 8.21. The van der Waals surface area contributed by atoms with Crippen LogP contribution in [0.4, 0.5) is 0 Å². The Morgan fingerprint density at radius 1 is 1.38 bits per heavy atom. The van der Waals surface area contributed by atoms with Gasteiger partial charge in [-0.15, -0.1) is 0 Å². The maximum Gasteiger partial charge on any atom is 0.247 e. The molecule has 1 fully saturated rings. The molecule has 1 saturated heterocycles. The van der Waals surface area contributed by atoms with Gasteiger partial charge in [-0.05, 0) is 51.8 Å². The number of aryl methyl sites for hydroxylation is 1. The number of amides is 1. The van der Waals surface area contributed by atoms with Gasteiger partial charge in [-0.2, -0.15) is 4.31 Å². The van der Waals surface area contributed by atoms with Gasteiger partial charge in [-0.1, -0.05) is 6.07 Å². The molecule has 1 aromatic carbocycles. The Kier molecular flexibility index (Phi) is 5.87. The van der Waals surface area contributed by atoms with E-state index in [1.165, 1.54) is 4.31 Å². The lowest BCUT2D eigenvalue weighted by Crippen LogP contribution is -2.45. The Balaban J connectivity index is 2.37. The number of sulfonamides is 1. The van der Waals surface area contributed by atoms with E-state index in [4.69, 9.17) is 4.74 Å². The first kappa shape index (κ1) is 18.7. The van der Waals surface area contributed by atoms with E-state index in [1.807, 2.05) is 33.8 Å². The first-order valence-electron chi connectivity index (χ1n) is 8.30. The summed E-state index contributed by atoms with van der Waals surface area (Å²) in [7, 11) is -3.72. The standard InChI is InChI=1S/C17H26N2O4S/c1-5-23-15-8-6-13(4)10-16(15)24(21,22)19(12(2)3)11-14-7-9-17(20)18-14/h6,8,10,12,14H,5,7,9,11H2,1-4H3,(H,18,20). The molecule has 1 atom stereocenters. The number of nitrogens with one attached hydrogen (secondary N) is 1. The van der Waals surface area contributed by atoms with Crippen molar-refractivity contribution in [1.29, 1.82) is 0 Å². The van der Waals surface area contributed by atoms with Crippen molar-refractivity contribution in [2.45, 2.75) is 57.5 Å². The summed E-state index contributed by atoms with van der Waals surface area (Å²) in [6.45, 7) is 8.02. The predicted octanol–water partition coefficient (Wildman–Crippen LogP) is 2.07. The van der Waals surface area contributed by atoms with E-state index in [-0.39, 0.29) is 29.4 Å². The van der Waals surface area contributed by atoms with Crippen LogP contribution >= 0.6 is 0 Å². The highest BCUT2D eigenvalue weighted by atomic mass is 32.2. The smallest absolute Gasteiger partial charge is 0.247 e. The topological polar surface area (TPSA) is 75.7 Å². The fraction of sp³-hybridized carbons (Fsp3) is 0.588. The summed E-state index contributed by atoms with van der Waals surface area (Å²) >= 11 is 0. The first-order valence-corrected chi connectivity index (χ1v) is 9.74. The summed E-state index contributed by atoms with van der Waals surface area (Å²) in [4.78, 5) is 11.6. The van der Waals surface area contributed by atoms with Crippen molar-refractivity contribution in [3.63, 3.8) is 0 Å². The molecule has 0 bridgehead atoms. The van der Waals surface area contributed by atoms with Crippen molar-refractivity contribution in [1.82, 2.24) is 9.62 Å². The monoisotopic (exact) mass is 354 g/mol. The normalized spacial score (nSPS) is 18.2. The molecule has 6 nitrogen and oxygen atoms in total. The Bertz CT molecular complexity index is 701. The fourth-order valence-corrected chi connectivity index (χ4v) is 4.74. The quantitative estimate of drug-likeness (QED) is 0.813. The van der Waals surface area contributed by atoms with Crippen molar-refractivity contribution >= 4 is 15.9 Å². The SMILES string of the molecule is CCOc1ccc(C)cc1S(=O)(=O)N(CC1CCC(=O)N1)C(C)C. The molecule has 24 heavy (non-hydrogen) atoms. The number of hydrogen-bond donors (Lipinski definition) is 1. The zero-order chi connectivity index (χ0) is 17.9. The van der Waals surface area contributed by atoms with Crippen molar-refractivity contribution in [2.24, 2.45) is 0 Å². The number of hydrogen-bond acceptors (Lipinski definition) is 4. The molecule has 0 radical (unpaired) electrons. The average molecular weight is 354 g/mol. The summed E-state index contributed by atoms with van der Waals surface area (Å²) < 4.78 is 33.4. The van der Waals surface area contributed by atoms with E-state index < -0.39 is 10.0 Å². The van der Waals surface area contributed by atoms with E-state index in [1.54, 1.807) is 12.1 Å².